The predicted octanol–water partition coefficient (Wildman–Crippen LogP) is 2.23. The van der Waals surface area contributed by atoms with E-state index < -0.39 is 0 Å². The molecule has 0 spiro atoms. The van der Waals surface area contributed by atoms with Crippen LogP contribution in [0.1, 0.15) is 37.3 Å². The Labute approximate surface area is 97.4 Å². The minimum atomic E-state index is 0.547. The van der Waals surface area contributed by atoms with Gasteiger partial charge in [0.05, 0.1) is 0 Å². The summed E-state index contributed by atoms with van der Waals surface area (Å²) in [4.78, 5) is 0. The van der Waals surface area contributed by atoms with Gasteiger partial charge in [-0.05, 0) is 37.8 Å². The molecule has 86 valence electrons. The molecular formula is C14H20N2. The molecule has 1 heterocycles. The van der Waals surface area contributed by atoms with E-state index in [1.54, 1.807) is 0 Å². The lowest BCUT2D eigenvalue weighted by molar-refractivity contribution is 0.321. The Morgan fingerprint density at radius 3 is 2.56 bits per heavy atom. The maximum absolute atomic E-state index is 3.75. The number of rotatable bonds is 3. The second-order valence-corrected chi connectivity index (χ2v) is 5.08. The minimum Gasteiger partial charge on any atom is -0.311 e. The third kappa shape index (κ3) is 2.45. The van der Waals surface area contributed by atoms with Crippen molar-refractivity contribution < 1.29 is 0 Å². The second kappa shape index (κ2) is 4.56. The summed E-state index contributed by atoms with van der Waals surface area (Å²) in [5, 5.41) is 7.37. The molecule has 2 atom stereocenters. The zero-order chi connectivity index (χ0) is 10.8. The fourth-order valence-electron chi connectivity index (χ4n) is 2.59. The second-order valence-electron chi connectivity index (χ2n) is 5.08. The average Bonchev–Trinajstić information content (AvgIpc) is 3.15. The molecule has 1 aromatic rings. The topological polar surface area (TPSA) is 24.1 Å². The average molecular weight is 216 g/mol. The van der Waals surface area contributed by atoms with E-state index in [1.807, 2.05) is 0 Å². The highest BCUT2D eigenvalue weighted by atomic mass is 15.0. The van der Waals surface area contributed by atoms with Crippen molar-refractivity contribution in [1.82, 2.24) is 10.6 Å². The zero-order valence-corrected chi connectivity index (χ0v) is 9.65. The summed E-state index contributed by atoms with van der Waals surface area (Å²) < 4.78 is 0. The van der Waals surface area contributed by atoms with E-state index in [2.05, 4.69) is 41.0 Å². The third-order valence-electron chi connectivity index (χ3n) is 3.65. The van der Waals surface area contributed by atoms with E-state index in [9.17, 15) is 0 Å². The van der Waals surface area contributed by atoms with Gasteiger partial charge in [-0.15, -0.1) is 0 Å². The van der Waals surface area contributed by atoms with Gasteiger partial charge in [0.25, 0.3) is 0 Å². The molecule has 1 aliphatic heterocycles. The molecule has 0 aromatic heterocycles. The van der Waals surface area contributed by atoms with Crippen LogP contribution in [0.25, 0.3) is 0 Å². The van der Waals surface area contributed by atoms with Crippen LogP contribution in [0.15, 0.2) is 30.3 Å². The predicted molar refractivity (Wildman–Crippen MR) is 66.4 cm³/mol. The molecule has 3 rings (SSSR count). The third-order valence-corrected chi connectivity index (χ3v) is 3.65. The standard InChI is InChI=1S/C14H20N2/c1-2-4-11(5-3-1)14-10-13(8-9-15-14)16-12-6-7-12/h1-5,12-16H,6-10H2. The molecule has 2 fully saturated rings. The summed E-state index contributed by atoms with van der Waals surface area (Å²) in [7, 11) is 0. The van der Waals surface area contributed by atoms with Crippen LogP contribution in [0.4, 0.5) is 0 Å². The highest BCUT2D eigenvalue weighted by Crippen LogP contribution is 2.26. The number of nitrogens with one attached hydrogen (secondary N) is 2. The molecule has 16 heavy (non-hydrogen) atoms. The molecule has 1 aliphatic carbocycles. The van der Waals surface area contributed by atoms with Crippen molar-refractivity contribution in [2.45, 2.75) is 43.8 Å². The maximum Gasteiger partial charge on any atom is 0.0335 e. The van der Waals surface area contributed by atoms with Gasteiger partial charge in [-0.1, -0.05) is 30.3 Å². The Kier molecular flexibility index (Phi) is 2.94. The fraction of sp³-hybridized carbons (Fsp3) is 0.571. The molecule has 2 unspecified atom stereocenters. The first-order valence-electron chi connectivity index (χ1n) is 6.46. The van der Waals surface area contributed by atoms with E-state index in [0.717, 1.165) is 18.6 Å². The van der Waals surface area contributed by atoms with Gasteiger partial charge < -0.3 is 10.6 Å². The summed E-state index contributed by atoms with van der Waals surface area (Å²) in [6.45, 7) is 1.14. The Bertz CT molecular complexity index is 332. The number of piperidine rings is 1. The number of benzene rings is 1. The molecule has 2 nitrogen and oxygen atoms in total. The van der Waals surface area contributed by atoms with Crippen molar-refractivity contribution in [2.75, 3.05) is 6.54 Å². The van der Waals surface area contributed by atoms with Crippen LogP contribution in [-0.2, 0) is 0 Å². The first-order valence-corrected chi connectivity index (χ1v) is 6.46. The van der Waals surface area contributed by atoms with Gasteiger partial charge in [0.1, 0.15) is 0 Å². The molecule has 1 saturated carbocycles. The normalized spacial score (nSPS) is 30.2. The van der Waals surface area contributed by atoms with Crippen molar-refractivity contribution in [3.63, 3.8) is 0 Å². The molecule has 0 radical (unpaired) electrons. The van der Waals surface area contributed by atoms with E-state index in [-0.39, 0.29) is 0 Å². The number of hydrogen-bond acceptors (Lipinski definition) is 2. The monoisotopic (exact) mass is 216 g/mol. The summed E-state index contributed by atoms with van der Waals surface area (Å²) in [6.07, 6.45) is 5.29. The lowest BCUT2D eigenvalue weighted by Gasteiger charge is -2.31. The quantitative estimate of drug-likeness (QED) is 0.809. The van der Waals surface area contributed by atoms with Crippen LogP contribution in [0.5, 0.6) is 0 Å². The highest BCUT2D eigenvalue weighted by molar-refractivity contribution is 5.19. The lowest BCUT2D eigenvalue weighted by atomic mass is 9.94. The fourth-order valence-corrected chi connectivity index (χ4v) is 2.59. The molecule has 0 amide bonds. The Balaban J connectivity index is 1.62. The molecule has 0 bridgehead atoms. The minimum absolute atomic E-state index is 0.547. The maximum atomic E-state index is 3.75. The molecule has 2 N–H and O–H groups in total. The van der Waals surface area contributed by atoms with Crippen molar-refractivity contribution in [2.24, 2.45) is 0 Å². The van der Waals surface area contributed by atoms with E-state index in [4.69, 9.17) is 0 Å². The van der Waals surface area contributed by atoms with Crippen LogP contribution in [0, 0.1) is 0 Å². The SMILES string of the molecule is c1ccc(C2CC(NC3CC3)CCN2)cc1. The summed E-state index contributed by atoms with van der Waals surface area (Å²) in [6, 6.07) is 12.9. The van der Waals surface area contributed by atoms with Crippen molar-refractivity contribution in [3.05, 3.63) is 35.9 Å². The van der Waals surface area contributed by atoms with Gasteiger partial charge in [-0.3, -0.25) is 0 Å². The Hall–Kier alpha value is -0.860. The first kappa shape index (κ1) is 10.3. The van der Waals surface area contributed by atoms with E-state index >= 15 is 0 Å². The van der Waals surface area contributed by atoms with E-state index in [1.165, 1.54) is 31.2 Å². The van der Waals surface area contributed by atoms with Crippen LogP contribution >= 0.6 is 0 Å². The highest BCUT2D eigenvalue weighted by Gasteiger charge is 2.28. The van der Waals surface area contributed by atoms with Gasteiger partial charge in [-0.2, -0.15) is 0 Å². The number of hydrogen-bond donors (Lipinski definition) is 2. The van der Waals surface area contributed by atoms with Gasteiger partial charge in [0.15, 0.2) is 0 Å². The summed E-state index contributed by atoms with van der Waals surface area (Å²) in [5.74, 6) is 0. The molecule has 2 aliphatic rings. The zero-order valence-electron chi connectivity index (χ0n) is 9.65. The van der Waals surface area contributed by atoms with Crippen molar-refractivity contribution >= 4 is 0 Å². The van der Waals surface area contributed by atoms with Crippen LogP contribution in [0.2, 0.25) is 0 Å². The molecule has 2 heteroatoms. The molecule has 1 saturated heterocycles. The van der Waals surface area contributed by atoms with Gasteiger partial charge in [0, 0.05) is 18.1 Å². The molecular weight excluding hydrogens is 196 g/mol. The smallest absolute Gasteiger partial charge is 0.0335 e. The summed E-state index contributed by atoms with van der Waals surface area (Å²) >= 11 is 0. The van der Waals surface area contributed by atoms with Crippen LogP contribution in [-0.4, -0.2) is 18.6 Å². The lowest BCUT2D eigenvalue weighted by Crippen LogP contribution is -2.42. The van der Waals surface area contributed by atoms with Crippen molar-refractivity contribution in [3.8, 4) is 0 Å². The van der Waals surface area contributed by atoms with Crippen molar-refractivity contribution in [1.29, 1.82) is 0 Å². The Morgan fingerprint density at radius 1 is 1.00 bits per heavy atom. The van der Waals surface area contributed by atoms with Gasteiger partial charge in [0.2, 0.25) is 0 Å². The van der Waals surface area contributed by atoms with Crippen LogP contribution in [0.3, 0.4) is 0 Å². The van der Waals surface area contributed by atoms with Gasteiger partial charge >= 0.3 is 0 Å². The van der Waals surface area contributed by atoms with E-state index in [0.29, 0.717) is 6.04 Å². The van der Waals surface area contributed by atoms with Gasteiger partial charge in [-0.25, -0.2) is 0 Å². The first-order chi connectivity index (χ1) is 7.92. The Morgan fingerprint density at radius 2 is 1.81 bits per heavy atom. The molecule has 1 aromatic carbocycles. The van der Waals surface area contributed by atoms with Crippen LogP contribution < -0.4 is 10.6 Å². The largest absolute Gasteiger partial charge is 0.311 e. The summed E-state index contributed by atoms with van der Waals surface area (Å²) in [5.41, 5.74) is 1.43.